The lowest BCUT2D eigenvalue weighted by molar-refractivity contribution is -0.0980. The Hall–Kier alpha value is -1.57. The fourth-order valence-electron chi connectivity index (χ4n) is 3.43. The molecule has 0 amide bonds. The summed E-state index contributed by atoms with van der Waals surface area (Å²) in [5.74, 6) is 0.837. The minimum absolute atomic E-state index is 0.133. The predicted molar refractivity (Wildman–Crippen MR) is 73.4 cm³/mol. The number of aliphatic hydroxyl groups is 1. The molecule has 0 spiro atoms. The number of nitrogens with zero attached hydrogens (tertiary/aromatic N) is 1. The van der Waals surface area contributed by atoms with Crippen LogP contribution in [-0.2, 0) is 10.2 Å². The maximum Gasteiger partial charge on any atom is 0.124 e. The Balaban J connectivity index is 2.15. The van der Waals surface area contributed by atoms with Gasteiger partial charge in [-0.15, -0.1) is 0 Å². The molecule has 1 aromatic carbocycles. The molecule has 3 rings (SSSR count). The van der Waals surface area contributed by atoms with Crippen LogP contribution in [0.1, 0.15) is 24.8 Å². The van der Waals surface area contributed by atoms with Gasteiger partial charge in [-0.25, -0.2) is 0 Å². The minimum atomic E-state index is -1.14. The van der Waals surface area contributed by atoms with Crippen molar-refractivity contribution in [3.05, 3.63) is 29.8 Å². The molecule has 0 aromatic heterocycles. The second-order valence-electron chi connectivity index (χ2n) is 5.74. The molecule has 2 atom stereocenters. The van der Waals surface area contributed by atoms with Gasteiger partial charge in [0.05, 0.1) is 19.3 Å². The Kier molecular flexibility index (Phi) is 3.19. The number of methoxy groups -OCH3 is 1. The molecule has 106 valence electrons. The number of benzene rings is 1. The van der Waals surface area contributed by atoms with Gasteiger partial charge in [0.25, 0.3) is 0 Å². The van der Waals surface area contributed by atoms with Crippen LogP contribution in [0, 0.1) is 17.2 Å². The van der Waals surface area contributed by atoms with Gasteiger partial charge in [-0.05, 0) is 24.8 Å². The molecule has 4 heteroatoms. The Morgan fingerprint density at radius 1 is 1.50 bits per heavy atom. The molecular formula is C16H19NO3. The predicted octanol–water partition coefficient (Wildman–Crippen LogP) is 2.02. The van der Waals surface area contributed by atoms with E-state index >= 15 is 0 Å². The van der Waals surface area contributed by atoms with Crippen molar-refractivity contribution in [3.63, 3.8) is 0 Å². The van der Waals surface area contributed by atoms with Crippen molar-refractivity contribution in [1.29, 1.82) is 5.26 Å². The molecule has 1 N–H and O–H groups in total. The molecule has 1 fully saturated rings. The quantitative estimate of drug-likeness (QED) is 0.911. The summed E-state index contributed by atoms with van der Waals surface area (Å²) in [5, 5.41) is 21.2. The van der Waals surface area contributed by atoms with Crippen LogP contribution < -0.4 is 4.74 Å². The summed E-state index contributed by atoms with van der Waals surface area (Å²) in [6.07, 6.45) is 2.40. The topological polar surface area (TPSA) is 62.5 Å². The molecule has 20 heavy (non-hydrogen) atoms. The lowest BCUT2D eigenvalue weighted by Crippen LogP contribution is -2.57. The molecule has 0 bridgehead atoms. The van der Waals surface area contributed by atoms with Crippen molar-refractivity contribution in [2.45, 2.75) is 30.3 Å². The van der Waals surface area contributed by atoms with Crippen molar-refractivity contribution >= 4 is 0 Å². The minimum Gasteiger partial charge on any atom is -0.493 e. The monoisotopic (exact) mass is 273 g/mol. The molecule has 1 aromatic rings. The van der Waals surface area contributed by atoms with E-state index in [0.29, 0.717) is 18.8 Å². The van der Waals surface area contributed by atoms with Crippen LogP contribution in [0.15, 0.2) is 24.3 Å². The van der Waals surface area contributed by atoms with Gasteiger partial charge in [0.15, 0.2) is 0 Å². The molecule has 0 saturated heterocycles. The highest BCUT2D eigenvalue weighted by Gasteiger charge is 2.61. The third-order valence-electron chi connectivity index (χ3n) is 4.63. The normalized spacial score (nSPS) is 27.9. The van der Waals surface area contributed by atoms with E-state index in [1.54, 1.807) is 7.11 Å². The van der Waals surface area contributed by atoms with Gasteiger partial charge in [-0.1, -0.05) is 18.2 Å². The zero-order valence-electron chi connectivity index (χ0n) is 11.6. The van der Waals surface area contributed by atoms with Gasteiger partial charge in [0.2, 0.25) is 0 Å². The molecule has 4 nitrogen and oxygen atoms in total. The third-order valence-corrected chi connectivity index (χ3v) is 4.63. The average molecular weight is 273 g/mol. The van der Waals surface area contributed by atoms with Gasteiger partial charge in [-0.3, -0.25) is 0 Å². The van der Waals surface area contributed by atoms with Crippen LogP contribution in [0.5, 0.6) is 5.75 Å². The number of rotatable bonds is 4. The van der Waals surface area contributed by atoms with Crippen LogP contribution >= 0.6 is 0 Å². The van der Waals surface area contributed by atoms with E-state index in [0.717, 1.165) is 18.4 Å². The number of ether oxygens (including phenoxy) is 2. The summed E-state index contributed by atoms with van der Waals surface area (Å²) < 4.78 is 10.9. The number of hydrogen-bond acceptors (Lipinski definition) is 4. The molecule has 1 saturated carbocycles. The standard InChI is InChI=1S/C16H19NO3/c1-19-11-16(18,12-6-7-12)15(10-17)8-9-20-14-5-3-2-4-13(14)15/h2-5,12,18H,6-9,11H2,1H3. The van der Waals surface area contributed by atoms with E-state index in [4.69, 9.17) is 9.47 Å². The average Bonchev–Trinajstić information content (AvgIpc) is 3.31. The van der Waals surface area contributed by atoms with E-state index in [1.807, 2.05) is 24.3 Å². The van der Waals surface area contributed by atoms with Crippen molar-refractivity contribution in [2.24, 2.45) is 5.92 Å². The molecule has 1 aliphatic heterocycles. The van der Waals surface area contributed by atoms with E-state index in [-0.39, 0.29) is 12.5 Å². The van der Waals surface area contributed by atoms with Crippen LogP contribution in [0.2, 0.25) is 0 Å². The maximum atomic E-state index is 11.3. The Labute approximate surface area is 118 Å². The largest absolute Gasteiger partial charge is 0.493 e. The lowest BCUT2D eigenvalue weighted by Gasteiger charge is -2.45. The zero-order valence-corrected chi connectivity index (χ0v) is 11.6. The highest BCUT2D eigenvalue weighted by molar-refractivity contribution is 5.49. The van der Waals surface area contributed by atoms with E-state index < -0.39 is 11.0 Å². The van der Waals surface area contributed by atoms with E-state index in [1.165, 1.54) is 0 Å². The maximum absolute atomic E-state index is 11.3. The van der Waals surface area contributed by atoms with E-state index in [2.05, 4.69) is 6.07 Å². The molecule has 1 heterocycles. The summed E-state index contributed by atoms with van der Waals surface area (Å²) in [6, 6.07) is 9.94. The highest BCUT2D eigenvalue weighted by Crippen LogP contribution is 2.54. The van der Waals surface area contributed by atoms with Gasteiger partial charge in [-0.2, -0.15) is 5.26 Å². The van der Waals surface area contributed by atoms with Crippen LogP contribution in [0.3, 0.4) is 0 Å². The number of nitriles is 1. The summed E-state index contributed by atoms with van der Waals surface area (Å²) in [4.78, 5) is 0. The fourth-order valence-corrected chi connectivity index (χ4v) is 3.43. The van der Waals surface area contributed by atoms with Gasteiger partial charge in [0, 0.05) is 19.1 Å². The number of para-hydroxylation sites is 1. The zero-order chi connectivity index (χ0) is 14.2. The van der Waals surface area contributed by atoms with Crippen LogP contribution in [0.25, 0.3) is 0 Å². The molecular weight excluding hydrogens is 254 g/mol. The Morgan fingerprint density at radius 3 is 2.90 bits per heavy atom. The van der Waals surface area contributed by atoms with Crippen molar-refractivity contribution in [3.8, 4) is 11.8 Å². The first-order valence-electron chi connectivity index (χ1n) is 7.03. The first kappa shape index (κ1) is 13.4. The summed E-state index contributed by atoms with van der Waals surface area (Å²) >= 11 is 0. The lowest BCUT2D eigenvalue weighted by atomic mass is 9.63. The van der Waals surface area contributed by atoms with Crippen molar-refractivity contribution in [2.75, 3.05) is 20.3 Å². The molecule has 2 aliphatic rings. The Bertz CT molecular complexity index is 549. The number of hydrogen-bond donors (Lipinski definition) is 1. The second-order valence-corrected chi connectivity index (χ2v) is 5.74. The van der Waals surface area contributed by atoms with Crippen LogP contribution in [-0.4, -0.2) is 31.0 Å². The second kappa shape index (κ2) is 4.76. The summed E-state index contributed by atoms with van der Waals surface area (Å²) in [5.41, 5.74) is -1.30. The van der Waals surface area contributed by atoms with Gasteiger partial charge >= 0.3 is 0 Å². The molecule has 2 unspecified atom stereocenters. The Morgan fingerprint density at radius 2 is 2.25 bits per heavy atom. The van der Waals surface area contributed by atoms with Crippen LogP contribution in [0.4, 0.5) is 0 Å². The summed E-state index contributed by atoms with van der Waals surface area (Å²) in [7, 11) is 1.57. The van der Waals surface area contributed by atoms with Crippen molar-refractivity contribution in [1.82, 2.24) is 0 Å². The smallest absolute Gasteiger partial charge is 0.124 e. The number of fused-ring (bicyclic) bond motifs is 1. The first-order valence-corrected chi connectivity index (χ1v) is 7.03. The van der Waals surface area contributed by atoms with Gasteiger partial charge in [0.1, 0.15) is 16.8 Å². The third kappa shape index (κ3) is 1.74. The molecule has 0 radical (unpaired) electrons. The highest BCUT2D eigenvalue weighted by atomic mass is 16.5. The molecule has 1 aliphatic carbocycles. The van der Waals surface area contributed by atoms with E-state index in [9.17, 15) is 10.4 Å². The summed E-state index contributed by atoms with van der Waals surface area (Å²) in [6.45, 7) is 0.628. The van der Waals surface area contributed by atoms with Crippen molar-refractivity contribution < 1.29 is 14.6 Å². The SMILES string of the molecule is COCC(O)(C1CC1)C1(C#N)CCOc2ccccc21. The fraction of sp³-hybridized carbons (Fsp3) is 0.562. The first-order chi connectivity index (χ1) is 9.68. The van der Waals surface area contributed by atoms with Gasteiger partial charge < -0.3 is 14.6 Å².